The number of hydrogen-bond acceptors (Lipinski definition) is 5. The molecule has 0 bridgehead atoms. The van der Waals surface area contributed by atoms with Gasteiger partial charge in [-0.1, -0.05) is 38.0 Å². The van der Waals surface area contributed by atoms with Crippen LogP contribution >= 0.6 is 0 Å². The minimum atomic E-state index is -1.24. The number of ether oxygens (including phenoxy) is 1. The molecule has 4 aliphatic rings. The van der Waals surface area contributed by atoms with Gasteiger partial charge in [-0.05, 0) is 56.4 Å². The molecule has 0 saturated heterocycles. The fourth-order valence-corrected chi connectivity index (χ4v) is 6.93. The summed E-state index contributed by atoms with van der Waals surface area (Å²) in [5.74, 6) is 0.0515. The number of fused-ring (bicyclic) bond motifs is 5. The van der Waals surface area contributed by atoms with Gasteiger partial charge in [0.15, 0.2) is 11.4 Å². The first-order valence-corrected chi connectivity index (χ1v) is 11.0. The van der Waals surface area contributed by atoms with Gasteiger partial charge in [-0.15, -0.1) is 0 Å². The minimum Gasteiger partial charge on any atom is -0.450 e. The summed E-state index contributed by atoms with van der Waals surface area (Å²) in [5, 5.41) is 9.71. The van der Waals surface area contributed by atoms with E-state index in [9.17, 15) is 19.5 Å². The first-order valence-electron chi connectivity index (χ1n) is 11.0. The largest absolute Gasteiger partial charge is 0.450 e. The molecule has 0 unspecified atom stereocenters. The number of esters is 1. The van der Waals surface area contributed by atoms with E-state index in [1.54, 1.807) is 6.92 Å². The van der Waals surface area contributed by atoms with Crippen molar-refractivity contribution in [3.63, 3.8) is 0 Å². The molecule has 158 valence electrons. The van der Waals surface area contributed by atoms with E-state index in [0.717, 1.165) is 25.7 Å². The molecule has 0 aromatic heterocycles. The topological polar surface area (TPSA) is 80.7 Å². The predicted molar refractivity (Wildman–Crippen MR) is 108 cm³/mol. The summed E-state index contributed by atoms with van der Waals surface area (Å²) in [6.07, 6.45) is 9.62. The second-order valence-electron chi connectivity index (χ2n) is 9.78. The van der Waals surface area contributed by atoms with Gasteiger partial charge in [0.25, 0.3) is 0 Å². The van der Waals surface area contributed by atoms with Crippen LogP contribution < -0.4 is 0 Å². The Balaban J connectivity index is 1.76. The molecule has 29 heavy (non-hydrogen) atoms. The summed E-state index contributed by atoms with van der Waals surface area (Å²) >= 11 is 0. The molecule has 0 aromatic carbocycles. The summed E-state index contributed by atoms with van der Waals surface area (Å²) < 4.78 is 5.87. The third-order valence-corrected chi connectivity index (χ3v) is 8.63. The molecule has 2 saturated carbocycles. The summed E-state index contributed by atoms with van der Waals surface area (Å²) in [4.78, 5) is 37.2. The molecule has 1 N–H and O–H groups in total. The molecule has 4 rings (SSSR count). The normalized spacial score (nSPS) is 40.9. The van der Waals surface area contributed by atoms with Gasteiger partial charge in [0.05, 0.1) is 0 Å². The number of Topliss-reactive ketones (excluding diaryl/α,β-unsaturated/α-hetero) is 1. The van der Waals surface area contributed by atoms with Crippen LogP contribution in [0.15, 0.2) is 23.3 Å². The SMILES string of the molecule is CCC(=O)O[C@]1(C(=O)CO)CC[C@H]2[C@@H]3CCC4=CC(=O)CC[C@]4(C)C3=CC[C@@]21C. The second-order valence-corrected chi connectivity index (χ2v) is 9.78. The number of hydrogen-bond donors (Lipinski definition) is 1. The minimum absolute atomic E-state index is 0.0650. The lowest BCUT2D eigenvalue weighted by atomic mass is 9.50. The van der Waals surface area contributed by atoms with Crippen LogP contribution in [0.2, 0.25) is 0 Å². The molecule has 0 heterocycles. The van der Waals surface area contributed by atoms with E-state index in [4.69, 9.17) is 4.74 Å². The molecule has 4 aliphatic carbocycles. The first kappa shape index (κ1) is 20.5. The number of carbonyl (C=O) groups excluding carboxylic acids is 3. The number of allylic oxidation sites excluding steroid dienone is 4. The number of rotatable bonds is 4. The van der Waals surface area contributed by atoms with Crippen LogP contribution in [-0.2, 0) is 19.1 Å². The van der Waals surface area contributed by atoms with Crippen LogP contribution in [0.5, 0.6) is 0 Å². The maximum atomic E-state index is 12.9. The van der Waals surface area contributed by atoms with Crippen LogP contribution in [0.3, 0.4) is 0 Å². The maximum absolute atomic E-state index is 12.9. The molecular formula is C24H32O5. The van der Waals surface area contributed by atoms with E-state index < -0.39 is 17.6 Å². The Bertz CT molecular complexity index is 823. The van der Waals surface area contributed by atoms with Gasteiger partial charge in [-0.2, -0.15) is 0 Å². The molecule has 2 fully saturated rings. The summed E-state index contributed by atoms with van der Waals surface area (Å²) in [7, 11) is 0. The van der Waals surface area contributed by atoms with Gasteiger partial charge in [-0.25, -0.2) is 0 Å². The van der Waals surface area contributed by atoms with Crippen LogP contribution in [0.4, 0.5) is 0 Å². The average Bonchev–Trinajstić information content (AvgIpc) is 3.01. The molecule has 0 aliphatic heterocycles. The second kappa shape index (κ2) is 6.90. The van der Waals surface area contributed by atoms with E-state index in [1.165, 1.54) is 11.1 Å². The fraction of sp³-hybridized carbons (Fsp3) is 0.708. The molecule has 0 aromatic rings. The van der Waals surface area contributed by atoms with Crippen LogP contribution in [-0.4, -0.2) is 34.9 Å². The Hall–Kier alpha value is -1.75. The van der Waals surface area contributed by atoms with Crippen LogP contribution in [0, 0.1) is 22.7 Å². The summed E-state index contributed by atoms with van der Waals surface area (Å²) in [5.41, 5.74) is 0.867. The Morgan fingerprint density at radius 1 is 1.21 bits per heavy atom. The molecule has 0 radical (unpaired) electrons. The summed E-state index contributed by atoms with van der Waals surface area (Å²) in [6, 6.07) is 0. The summed E-state index contributed by atoms with van der Waals surface area (Å²) in [6.45, 7) is 5.47. The van der Waals surface area contributed by atoms with Crippen molar-refractivity contribution in [2.45, 2.75) is 77.7 Å². The number of ketones is 2. The van der Waals surface area contributed by atoms with Gasteiger partial charge >= 0.3 is 5.97 Å². The highest BCUT2D eigenvalue weighted by Crippen LogP contribution is 2.66. The standard InChI is InChI=1S/C24H32O5/c1-4-21(28)29-24(20(27)14-25)12-9-19-17-6-5-15-13-16(26)7-10-22(15,2)18(17)8-11-23(19,24)3/h8,13,17,19,25H,4-7,9-12,14H2,1-3H3/t17-,19+,22+,23+,24+/m1/s1. The van der Waals surface area contributed by atoms with Crippen molar-refractivity contribution in [3.05, 3.63) is 23.3 Å². The van der Waals surface area contributed by atoms with Crippen molar-refractivity contribution < 1.29 is 24.2 Å². The van der Waals surface area contributed by atoms with Crippen molar-refractivity contribution in [1.82, 2.24) is 0 Å². The van der Waals surface area contributed by atoms with Gasteiger partial charge in [0.2, 0.25) is 5.78 Å². The Morgan fingerprint density at radius 2 is 1.97 bits per heavy atom. The van der Waals surface area contributed by atoms with Crippen molar-refractivity contribution in [3.8, 4) is 0 Å². The third kappa shape index (κ3) is 2.73. The van der Waals surface area contributed by atoms with Crippen molar-refractivity contribution in [2.75, 3.05) is 6.61 Å². The van der Waals surface area contributed by atoms with Gasteiger partial charge in [0, 0.05) is 23.7 Å². The smallest absolute Gasteiger partial charge is 0.306 e. The monoisotopic (exact) mass is 400 g/mol. The van der Waals surface area contributed by atoms with Gasteiger partial charge in [0.1, 0.15) is 6.61 Å². The zero-order valence-corrected chi connectivity index (χ0v) is 17.8. The zero-order chi connectivity index (χ0) is 21.0. The van der Waals surface area contributed by atoms with Gasteiger partial charge < -0.3 is 9.84 Å². The maximum Gasteiger partial charge on any atom is 0.306 e. The Morgan fingerprint density at radius 3 is 2.66 bits per heavy atom. The zero-order valence-electron chi connectivity index (χ0n) is 17.8. The number of carbonyl (C=O) groups is 3. The fourth-order valence-electron chi connectivity index (χ4n) is 6.93. The average molecular weight is 401 g/mol. The lowest BCUT2D eigenvalue weighted by Crippen LogP contribution is -2.57. The van der Waals surface area contributed by atoms with Crippen molar-refractivity contribution in [2.24, 2.45) is 22.7 Å². The molecule has 0 spiro atoms. The predicted octanol–water partition coefficient (Wildman–Crippen LogP) is 3.69. The Kier molecular flexibility index (Phi) is 4.88. The lowest BCUT2D eigenvalue weighted by Gasteiger charge is -2.55. The molecule has 0 amide bonds. The van der Waals surface area contributed by atoms with Crippen molar-refractivity contribution >= 4 is 17.5 Å². The quantitative estimate of drug-likeness (QED) is 0.575. The van der Waals surface area contributed by atoms with E-state index in [-0.39, 0.29) is 35.3 Å². The molecular weight excluding hydrogens is 368 g/mol. The molecule has 5 atom stereocenters. The first-order chi connectivity index (χ1) is 13.7. The molecule has 5 heteroatoms. The van der Waals surface area contributed by atoms with E-state index in [0.29, 0.717) is 25.2 Å². The van der Waals surface area contributed by atoms with Crippen LogP contribution in [0.25, 0.3) is 0 Å². The molecule has 5 nitrogen and oxygen atoms in total. The van der Waals surface area contributed by atoms with Gasteiger partial charge in [-0.3, -0.25) is 14.4 Å². The van der Waals surface area contributed by atoms with E-state index in [1.807, 2.05) is 6.08 Å². The third-order valence-electron chi connectivity index (χ3n) is 8.63. The van der Waals surface area contributed by atoms with E-state index >= 15 is 0 Å². The highest BCUT2D eigenvalue weighted by atomic mass is 16.6. The number of aliphatic hydroxyl groups excluding tert-OH is 1. The highest BCUT2D eigenvalue weighted by molar-refractivity contribution is 5.93. The lowest BCUT2D eigenvalue weighted by molar-refractivity contribution is -0.184. The number of aliphatic hydroxyl groups is 1. The van der Waals surface area contributed by atoms with Crippen LogP contribution in [0.1, 0.15) is 72.1 Å². The van der Waals surface area contributed by atoms with E-state index in [2.05, 4.69) is 19.9 Å². The van der Waals surface area contributed by atoms with Crippen molar-refractivity contribution in [1.29, 1.82) is 0 Å². The Labute approximate surface area is 172 Å². The highest BCUT2D eigenvalue weighted by Gasteiger charge is 2.66.